The number of aromatic nitrogens is 1. The van der Waals surface area contributed by atoms with Crippen LogP contribution in [0.2, 0.25) is 0 Å². The highest BCUT2D eigenvalue weighted by atomic mass is 16.4. The summed E-state index contributed by atoms with van der Waals surface area (Å²) in [6.07, 6.45) is 1.62. The Kier molecular flexibility index (Phi) is 6.51. The second-order valence-electron chi connectivity index (χ2n) is 7.96. The van der Waals surface area contributed by atoms with Crippen molar-refractivity contribution in [1.82, 2.24) is 14.8 Å². The van der Waals surface area contributed by atoms with E-state index < -0.39 is 11.9 Å². The lowest BCUT2D eigenvalue weighted by Gasteiger charge is -2.47. The number of aryl methyl sites for hydroxylation is 1. The number of likely N-dealkylation sites (N-methyl/N-ethyl adjacent to an activating group) is 1. The molecule has 0 aliphatic carbocycles. The van der Waals surface area contributed by atoms with E-state index >= 15 is 0 Å². The molecule has 0 bridgehead atoms. The van der Waals surface area contributed by atoms with Gasteiger partial charge in [-0.05, 0) is 44.9 Å². The van der Waals surface area contributed by atoms with Crippen LogP contribution in [-0.2, 0) is 4.79 Å². The highest BCUT2D eigenvalue weighted by Crippen LogP contribution is 2.31. The number of pyridine rings is 1. The number of hydrogen-bond acceptors (Lipinski definition) is 6. The molecule has 3 rings (SSSR count). The second-order valence-corrected chi connectivity index (χ2v) is 7.96. The van der Waals surface area contributed by atoms with Gasteiger partial charge in [0.15, 0.2) is 0 Å². The maximum atomic E-state index is 11.7. The van der Waals surface area contributed by atoms with Gasteiger partial charge in [0.05, 0.1) is 0 Å². The first-order chi connectivity index (χ1) is 13.3. The van der Waals surface area contributed by atoms with E-state index in [2.05, 4.69) is 21.8 Å². The van der Waals surface area contributed by atoms with Crippen molar-refractivity contribution in [3.05, 3.63) is 23.4 Å². The molecule has 2 aliphatic rings. The number of hydrogen-bond donors (Lipinski definition) is 2. The van der Waals surface area contributed by atoms with Crippen LogP contribution in [0.4, 0.5) is 5.82 Å². The van der Waals surface area contributed by atoms with Crippen molar-refractivity contribution in [2.45, 2.75) is 32.2 Å². The lowest BCUT2D eigenvalue weighted by Crippen LogP contribution is -2.56. The van der Waals surface area contributed by atoms with Crippen LogP contribution in [-0.4, -0.2) is 89.3 Å². The summed E-state index contributed by atoms with van der Waals surface area (Å²) in [6.45, 7) is 7.26. The number of nitrogens with zero attached hydrogens (tertiary/aromatic N) is 4. The van der Waals surface area contributed by atoms with Crippen molar-refractivity contribution in [2.24, 2.45) is 5.92 Å². The Bertz CT molecular complexity index is 718. The van der Waals surface area contributed by atoms with E-state index in [1.54, 1.807) is 12.1 Å². The molecule has 2 fully saturated rings. The lowest BCUT2D eigenvalue weighted by molar-refractivity contribution is -0.137. The fourth-order valence-corrected chi connectivity index (χ4v) is 4.39. The Morgan fingerprint density at radius 1 is 1.14 bits per heavy atom. The molecule has 0 unspecified atom stereocenters. The van der Waals surface area contributed by atoms with Crippen LogP contribution in [0.3, 0.4) is 0 Å². The number of aliphatic carboxylic acids is 1. The summed E-state index contributed by atoms with van der Waals surface area (Å²) in [5.41, 5.74) is 0.990. The maximum absolute atomic E-state index is 11.7. The number of piperidine rings is 1. The molecule has 1 aromatic rings. The number of carboxylic acid groups (broad SMARTS) is 2. The van der Waals surface area contributed by atoms with E-state index in [1.807, 2.05) is 11.8 Å². The number of aromatic carboxylic acids is 1. The normalized spacial score (nSPS) is 24.3. The van der Waals surface area contributed by atoms with E-state index in [0.29, 0.717) is 24.8 Å². The van der Waals surface area contributed by atoms with Crippen LogP contribution in [0.5, 0.6) is 0 Å². The molecule has 0 amide bonds. The molecule has 2 atom stereocenters. The Morgan fingerprint density at radius 3 is 2.50 bits per heavy atom. The highest BCUT2D eigenvalue weighted by molar-refractivity contribution is 5.93. The fourth-order valence-electron chi connectivity index (χ4n) is 4.39. The van der Waals surface area contributed by atoms with Crippen molar-refractivity contribution in [1.29, 1.82) is 0 Å². The molecule has 2 N–H and O–H groups in total. The first-order valence-electron chi connectivity index (χ1n) is 9.95. The number of piperazine rings is 1. The highest BCUT2D eigenvalue weighted by Gasteiger charge is 2.36. The van der Waals surface area contributed by atoms with Gasteiger partial charge in [0, 0.05) is 57.4 Å². The van der Waals surface area contributed by atoms with Gasteiger partial charge in [0.1, 0.15) is 11.4 Å². The minimum Gasteiger partial charge on any atom is -0.481 e. The van der Waals surface area contributed by atoms with Crippen LogP contribution >= 0.6 is 0 Å². The number of anilines is 1. The van der Waals surface area contributed by atoms with E-state index in [-0.39, 0.29) is 17.9 Å². The predicted octanol–water partition coefficient (Wildman–Crippen LogP) is 1.40. The van der Waals surface area contributed by atoms with Crippen LogP contribution in [0.15, 0.2) is 12.1 Å². The van der Waals surface area contributed by atoms with Gasteiger partial charge in [-0.25, -0.2) is 9.78 Å². The predicted molar refractivity (Wildman–Crippen MR) is 106 cm³/mol. The van der Waals surface area contributed by atoms with Gasteiger partial charge in [-0.15, -0.1) is 0 Å². The zero-order valence-electron chi connectivity index (χ0n) is 16.7. The van der Waals surface area contributed by atoms with E-state index in [9.17, 15) is 19.8 Å². The summed E-state index contributed by atoms with van der Waals surface area (Å²) in [5, 5.41) is 18.7. The molecular formula is C20H30N4O4. The number of carbonyl (C=O) groups is 2. The zero-order chi connectivity index (χ0) is 20.3. The van der Waals surface area contributed by atoms with Gasteiger partial charge in [-0.1, -0.05) is 0 Å². The van der Waals surface area contributed by atoms with E-state index in [4.69, 9.17) is 0 Å². The molecule has 2 aliphatic heterocycles. The second kappa shape index (κ2) is 8.87. The van der Waals surface area contributed by atoms with E-state index in [1.165, 1.54) is 0 Å². The van der Waals surface area contributed by atoms with Crippen LogP contribution in [0.1, 0.15) is 35.3 Å². The molecule has 0 saturated carbocycles. The Labute approximate surface area is 165 Å². The van der Waals surface area contributed by atoms with Crippen LogP contribution in [0, 0.1) is 12.8 Å². The third-order valence-corrected chi connectivity index (χ3v) is 5.97. The van der Waals surface area contributed by atoms with Crippen molar-refractivity contribution in [2.75, 3.05) is 51.2 Å². The first kappa shape index (κ1) is 20.5. The standard InChI is InChI=1S/C20H30N4O4/c1-14-3-5-16(20(27)28)19(21-14)24-8-7-17(15(13-24)4-6-18(25)26)23-11-9-22(2)10-12-23/h3,5,15,17H,4,6-13H2,1-2H3,(H,25,26)(H,27,28)/t15-,17+/m0/s1. The topological polar surface area (TPSA) is 97.2 Å². The summed E-state index contributed by atoms with van der Waals surface area (Å²) in [6, 6.07) is 3.66. The summed E-state index contributed by atoms with van der Waals surface area (Å²) in [5.74, 6) is -1.08. The molecule has 3 heterocycles. The zero-order valence-corrected chi connectivity index (χ0v) is 16.7. The molecule has 8 nitrogen and oxygen atoms in total. The average molecular weight is 390 g/mol. The Hall–Kier alpha value is -2.19. The lowest BCUT2D eigenvalue weighted by atomic mass is 9.86. The molecule has 28 heavy (non-hydrogen) atoms. The van der Waals surface area contributed by atoms with Crippen molar-refractivity contribution in [3.8, 4) is 0 Å². The summed E-state index contributed by atoms with van der Waals surface area (Å²) < 4.78 is 0. The third-order valence-electron chi connectivity index (χ3n) is 5.97. The van der Waals surface area contributed by atoms with Gasteiger partial charge in [-0.2, -0.15) is 0 Å². The van der Waals surface area contributed by atoms with Gasteiger partial charge in [0.25, 0.3) is 0 Å². The molecule has 0 radical (unpaired) electrons. The minimum atomic E-state index is -0.981. The summed E-state index contributed by atoms with van der Waals surface area (Å²) >= 11 is 0. The summed E-state index contributed by atoms with van der Waals surface area (Å²) in [7, 11) is 2.12. The van der Waals surface area contributed by atoms with Crippen LogP contribution < -0.4 is 4.90 Å². The maximum Gasteiger partial charge on any atom is 0.339 e. The van der Waals surface area contributed by atoms with E-state index in [0.717, 1.165) is 44.8 Å². The quantitative estimate of drug-likeness (QED) is 0.752. The smallest absolute Gasteiger partial charge is 0.339 e. The molecule has 1 aromatic heterocycles. The van der Waals surface area contributed by atoms with Crippen molar-refractivity contribution >= 4 is 17.8 Å². The van der Waals surface area contributed by atoms with Gasteiger partial charge >= 0.3 is 11.9 Å². The number of carboxylic acids is 2. The molecule has 154 valence electrons. The number of rotatable bonds is 6. The monoisotopic (exact) mass is 390 g/mol. The largest absolute Gasteiger partial charge is 0.481 e. The molecule has 8 heteroatoms. The Balaban J connectivity index is 1.80. The van der Waals surface area contributed by atoms with Crippen molar-refractivity contribution < 1.29 is 19.8 Å². The summed E-state index contributed by atoms with van der Waals surface area (Å²) in [4.78, 5) is 34.2. The van der Waals surface area contributed by atoms with Gasteiger partial charge in [-0.3, -0.25) is 9.69 Å². The van der Waals surface area contributed by atoms with Crippen molar-refractivity contribution in [3.63, 3.8) is 0 Å². The fraction of sp³-hybridized carbons (Fsp3) is 0.650. The molecule has 0 spiro atoms. The molecule has 0 aromatic carbocycles. The third kappa shape index (κ3) is 4.80. The SMILES string of the molecule is Cc1ccc(C(=O)O)c(N2CC[C@@H](N3CCN(C)CC3)[C@@H](CCC(=O)O)C2)n1. The van der Waals surface area contributed by atoms with Gasteiger partial charge in [0.2, 0.25) is 0 Å². The molecule has 2 saturated heterocycles. The average Bonchev–Trinajstić information content (AvgIpc) is 2.66. The molecular weight excluding hydrogens is 360 g/mol. The minimum absolute atomic E-state index is 0.135. The Morgan fingerprint density at radius 2 is 1.86 bits per heavy atom. The first-order valence-corrected chi connectivity index (χ1v) is 9.95. The van der Waals surface area contributed by atoms with Gasteiger partial charge < -0.3 is 20.0 Å². The van der Waals surface area contributed by atoms with Crippen LogP contribution in [0.25, 0.3) is 0 Å².